The summed E-state index contributed by atoms with van der Waals surface area (Å²) < 4.78 is 16.9. The molecule has 14 amide bonds. The third-order valence-corrected chi connectivity index (χ3v) is 16.6. The summed E-state index contributed by atoms with van der Waals surface area (Å²) >= 11 is 1.15. The van der Waals surface area contributed by atoms with Gasteiger partial charge in [-0.1, -0.05) is 38.1 Å². The van der Waals surface area contributed by atoms with Crippen LogP contribution in [0.15, 0.2) is 53.5 Å². The highest BCUT2D eigenvalue weighted by atomic mass is 32.2. The van der Waals surface area contributed by atoms with Crippen molar-refractivity contribution in [3.8, 4) is 11.5 Å². The minimum absolute atomic E-state index is 0.0216. The van der Waals surface area contributed by atoms with Gasteiger partial charge in [0.05, 0.1) is 32.3 Å². The SMILES string of the molecule is CSCC[C@H](NC(=O)[C@H](CC(N)=O)NC(=O)[C@H](C)NC(=O)[C@H](CCCN=C(N)N)NC(=O)[C@H](Cc1ccc(O)cc1)NC(=O)[C@H](CC(C)C)NC(C)=O)C(=O)N[C@H](C(=O)N[C@@H](CO)C(=O)N1CCC[C@H]1C(=O)NCC(=O)N[C@@H](Cc1ccc(O)cc1)C(=O)N[C@@H](CO)C(N)=O)C(C)OP(=O)(O)O. The summed E-state index contributed by atoms with van der Waals surface area (Å²) in [6.07, 6.45) is -1.84. The molecule has 102 heavy (non-hydrogen) atoms. The highest BCUT2D eigenvalue weighted by molar-refractivity contribution is 7.98. The van der Waals surface area contributed by atoms with Gasteiger partial charge in [0, 0.05) is 32.9 Å². The molecule has 2 aromatic rings. The van der Waals surface area contributed by atoms with Crippen molar-refractivity contribution in [3.63, 3.8) is 0 Å². The van der Waals surface area contributed by atoms with Crippen LogP contribution in [-0.2, 0) is 89.1 Å². The number of rotatable bonds is 43. The van der Waals surface area contributed by atoms with Crippen molar-refractivity contribution in [2.45, 2.75) is 165 Å². The fourth-order valence-corrected chi connectivity index (χ4v) is 11.2. The Morgan fingerprint density at radius 3 is 1.59 bits per heavy atom. The molecule has 1 saturated heterocycles. The van der Waals surface area contributed by atoms with Gasteiger partial charge in [0.15, 0.2) is 5.96 Å². The minimum atomic E-state index is -5.52. The number of nitrogens with zero attached hydrogens (tertiary/aromatic N) is 2. The number of phosphoric ester groups is 1. The largest absolute Gasteiger partial charge is 0.508 e. The molecule has 39 nitrogen and oxygen atoms in total. The smallest absolute Gasteiger partial charge is 0.469 e. The highest BCUT2D eigenvalue weighted by Gasteiger charge is 2.42. The zero-order valence-corrected chi connectivity index (χ0v) is 58.7. The van der Waals surface area contributed by atoms with Crippen LogP contribution in [0.5, 0.6) is 11.5 Å². The number of nitrogens with two attached hydrogens (primary N) is 4. The Hall–Kier alpha value is -9.73. The van der Waals surface area contributed by atoms with Crippen LogP contribution >= 0.6 is 19.6 Å². The summed E-state index contributed by atoms with van der Waals surface area (Å²) in [5.74, 6) is -15.0. The highest BCUT2D eigenvalue weighted by Crippen LogP contribution is 2.38. The summed E-state index contributed by atoms with van der Waals surface area (Å²) in [7, 11) is -5.52. The monoisotopic (exact) mass is 1480 g/mol. The van der Waals surface area contributed by atoms with Gasteiger partial charge >= 0.3 is 7.82 Å². The molecule has 12 atom stereocenters. The van der Waals surface area contributed by atoms with Gasteiger partial charge in [-0.2, -0.15) is 11.8 Å². The Morgan fingerprint density at radius 1 is 0.608 bits per heavy atom. The maximum atomic E-state index is 14.3. The van der Waals surface area contributed by atoms with Gasteiger partial charge in [0.1, 0.15) is 78.0 Å². The number of thioether (sulfide) groups is 1. The van der Waals surface area contributed by atoms with Crippen molar-refractivity contribution < 1.29 is 106 Å². The molecule has 0 saturated carbocycles. The third kappa shape index (κ3) is 30.6. The van der Waals surface area contributed by atoms with Gasteiger partial charge in [-0.05, 0) is 106 Å². The van der Waals surface area contributed by atoms with E-state index in [1.54, 1.807) is 20.1 Å². The second kappa shape index (κ2) is 42.5. The summed E-state index contributed by atoms with van der Waals surface area (Å²) in [6, 6.07) is -6.58. The number of hydrogen-bond donors (Lipinski definition) is 21. The number of aliphatic hydroxyl groups is 2. The van der Waals surface area contributed by atoms with Crippen LogP contribution in [0.1, 0.15) is 90.7 Å². The first-order valence-corrected chi connectivity index (χ1v) is 35.0. The van der Waals surface area contributed by atoms with Crippen LogP contribution in [0.25, 0.3) is 0 Å². The zero-order chi connectivity index (χ0) is 76.7. The van der Waals surface area contributed by atoms with Crippen molar-refractivity contribution in [2.24, 2.45) is 33.8 Å². The third-order valence-electron chi connectivity index (χ3n) is 15.3. The maximum Gasteiger partial charge on any atom is 0.469 e. The van der Waals surface area contributed by atoms with E-state index in [9.17, 15) is 102 Å². The minimum Gasteiger partial charge on any atom is -0.508 e. The number of aromatic hydroxyl groups is 2. The van der Waals surface area contributed by atoms with Crippen molar-refractivity contribution in [2.75, 3.05) is 44.9 Å². The number of phenols is 2. The summed E-state index contributed by atoms with van der Waals surface area (Å²) in [5.41, 5.74) is 22.6. The van der Waals surface area contributed by atoms with Crippen molar-refractivity contribution >= 4 is 108 Å². The van der Waals surface area contributed by atoms with Gasteiger partial charge in [-0.3, -0.25) is 76.6 Å². The molecule has 2 aromatic carbocycles. The number of nitrogens with one attached hydrogen (secondary N) is 11. The molecule has 1 aliphatic heterocycles. The fourth-order valence-electron chi connectivity index (χ4n) is 10.2. The van der Waals surface area contributed by atoms with E-state index in [1.807, 2.05) is 0 Å². The molecule has 0 radical (unpaired) electrons. The number of benzene rings is 2. The van der Waals surface area contributed by atoms with E-state index in [0.29, 0.717) is 11.1 Å². The van der Waals surface area contributed by atoms with Gasteiger partial charge in [-0.15, -0.1) is 0 Å². The molecule has 0 aliphatic carbocycles. The first-order valence-electron chi connectivity index (χ1n) is 32.1. The number of phenolic OH excluding ortho intramolecular Hbond substituents is 2. The van der Waals surface area contributed by atoms with Crippen molar-refractivity contribution in [1.82, 2.24) is 63.4 Å². The lowest BCUT2D eigenvalue weighted by atomic mass is 10.0. The number of carbonyl (C=O) groups is 14. The quantitative estimate of drug-likeness (QED) is 0.0127. The number of phosphoric acid groups is 1. The predicted molar refractivity (Wildman–Crippen MR) is 364 cm³/mol. The average molecular weight is 1480 g/mol. The molecule has 41 heteroatoms. The van der Waals surface area contributed by atoms with Gasteiger partial charge in [0.2, 0.25) is 82.7 Å². The number of amides is 14. The molecular formula is C61H94N17O22PS. The topological polar surface area (TPSA) is 639 Å². The van der Waals surface area contributed by atoms with Gasteiger partial charge in [0.25, 0.3) is 0 Å². The van der Waals surface area contributed by atoms with Crippen LogP contribution in [0.3, 0.4) is 0 Å². The van der Waals surface area contributed by atoms with E-state index in [-0.39, 0.29) is 93.6 Å². The zero-order valence-electron chi connectivity index (χ0n) is 57.0. The van der Waals surface area contributed by atoms with Crippen LogP contribution in [0.2, 0.25) is 0 Å². The molecule has 0 spiro atoms. The Balaban J connectivity index is 1.85. The lowest BCUT2D eigenvalue weighted by molar-refractivity contribution is -0.143. The first kappa shape index (κ1) is 86.5. The number of primary amides is 2. The maximum absolute atomic E-state index is 14.3. The number of likely N-dealkylation sites (tertiary alicyclic amines) is 1. The lowest BCUT2D eigenvalue weighted by Gasteiger charge is -2.31. The number of aliphatic hydroxyl groups excluding tert-OH is 2. The molecule has 0 aromatic heterocycles. The van der Waals surface area contributed by atoms with E-state index >= 15 is 0 Å². The van der Waals surface area contributed by atoms with Gasteiger partial charge in [-0.25, -0.2) is 4.57 Å². The molecular weight excluding hydrogens is 1390 g/mol. The van der Waals surface area contributed by atoms with Crippen molar-refractivity contribution in [1.29, 1.82) is 0 Å². The van der Waals surface area contributed by atoms with Crippen molar-refractivity contribution in [3.05, 3.63) is 59.7 Å². The first-order chi connectivity index (χ1) is 47.9. The number of guanidine groups is 1. The summed E-state index contributed by atoms with van der Waals surface area (Å²) in [6.45, 7) is 3.83. The Kier molecular flexibility index (Phi) is 36.0. The van der Waals surface area contributed by atoms with E-state index < -0.39 is 189 Å². The fraction of sp³-hybridized carbons (Fsp3) is 0.557. The van der Waals surface area contributed by atoms with E-state index in [0.717, 1.165) is 30.5 Å². The van der Waals surface area contributed by atoms with Crippen LogP contribution in [0.4, 0.5) is 0 Å². The molecule has 1 fully saturated rings. The second-order valence-corrected chi connectivity index (χ2v) is 26.4. The average Bonchev–Trinajstić information content (AvgIpc) is 1.56. The summed E-state index contributed by atoms with van der Waals surface area (Å²) in [4.78, 5) is 214. The molecule has 566 valence electrons. The molecule has 1 aliphatic rings. The van der Waals surface area contributed by atoms with Crippen LogP contribution < -0.4 is 81.4 Å². The molecule has 3 rings (SSSR count). The lowest BCUT2D eigenvalue weighted by Crippen LogP contribution is -2.62. The Morgan fingerprint density at radius 2 is 1.09 bits per heavy atom. The molecule has 0 bridgehead atoms. The van der Waals surface area contributed by atoms with E-state index in [1.165, 1.54) is 55.5 Å². The number of aliphatic imine (C=N–C) groups is 1. The van der Waals surface area contributed by atoms with Crippen LogP contribution in [-0.4, -0.2) is 241 Å². The predicted octanol–water partition coefficient (Wildman–Crippen LogP) is -7.43. The van der Waals surface area contributed by atoms with Crippen LogP contribution in [0, 0.1) is 5.92 Å². The summed E-state index contributed by atoms with van der Waals surface area (Å²) in [5, 5.41) is 65.9. The van der Waals surface area contributed by atoms with E-state index in [4.69, 9.17) is 27.5 Å². The second-order valence-electron chi connectivity index (χ2n) is 24.2. The Labute approximate surface area is 590 Å². The molecule has 25 N–H and O–H groups in total. The van der Waals surface area contributed by atoms with E-state index in [2.05, 4.69) is 63.5 Å². The number of hydrogen-bond acceptors (Lipinski definition) is 22. The normalized spacial score (nSPS) is 16.0. The standard InChI is InChI=1S/C61H94N17O22PS/c1-30(2)23-40(69-33(5)81)54(90)74-42(25-35-13-17-37(83)18-14-35)56(92)71-38(9-7-20-66-61(64)65)52(88)68-31(3)51(87)73-43(26-47(62)84)57(93)72-39(19-22-102-6)53(89)77-49(32(4)100-101(97,98)99)59(95)76-45(29-80)60(96)78-21-8-10-46(78)58(94)67-27-48(85)70-41(24-34-11-15-36(82)16-12-34)55(91)75-44(28-79)50(63)86/h11-18,30-32,38-46,49,79-80,82-83H,7-10,19-29H2,1-6H3,(H2,62,84)(H2,63,86)(H,67,94)(H,68,88)(H,69,81)(H,70,85)(H,71,92)(H,72,93)(H,73,87)(H,74,90)(H,75,91)(H,76,95)(H,77,89)(H4,64,65,66)(H2,97,98,99)/t31-,32?,38-,39-,40-,41-,42-,43-,44-,45-,46-,49-/m0/s1. The van der Waals surface area contributed by atoms with Gasteiger partial charge < -0.3 is 117 Å². The Bertz CT molecular complexity index is 3350. The molecule has 1 unspecified atom stereocenters. The molecule has 1 heterocycles. The number of carbonyl (C=O) groups excluding carboxylic acids is 14.